The van der Waals surface area contributed by atoms with Gasteiger partial charge in [-0.15, -0.1) is 0 Å². The molecule has 3 aromatic carbocycles. The van der Waals surface area contributed by atoms with E-state index in [0.717, 1.165) is 17.2 Å². The van der Waals surface area contributed by atoms with Gasteiger partial charge in [0.25, 0.3) is 0 Å². The third-order valence-electron chi connectivity index (χ3n) is 4.72. The second-order valence-electron chi connectivity index (χ2n) is 6.30. The van der Waals surface area contributed by atoms with E-state index in [1.165, 1.54) is 20.3 Å². The Labute approximate surface area is 138 Å². The van der Waals surface area contributed by atoms with Crippen molar-refractivity contribution in [2.24, 2.45) is 0 Å². The summed E-state index contributed by atoms with van der Waals surface area (Å²) in [5.74, 6) is 6.79. The molecule has 2 nitrogen and oxygen atoms in total. The molecule has 23 heavy (non-hydrogen) atoms. The number of hydrogen-bond acceptors (Lipinski definition) is 2. The molecule has 3 aromatic rings. The maximum atomic E-state index is 6.22. The molecule has 0 bridgehead atoms. The van der Waals surface area contributed by atoms with Gasteiger partial charge in [-0.3, -0.25) is 0 Å². The van der Waals surface area contributed by atoms with Crippen molar-refractivity contribution >= 4 is 38.8 Å². The Morgan fingerprint density at radius 2 is 1.35 bits per heavy atom. The molecule has 0 amide bonds. The molecule has 0 aromatic heterocycles. The van der Waals surface area contributed by atoms with Gasteiger partial charge in [0.1, 0.15) is 0 Å². The van der Waals surface area contributed by atoms with Gasteiger partial charge < -0.3 is 0 Å². The Morgan fingerprint density at radius 3 is 2.22 bits per heavy atom. The number of fused-ring (bicyclic) bond motifs is 4. The topological polar surface area (TPSA) is 12.5 Å². The summed E-state index contributed by atoms with van der Waals surface area (Å²) in [4.78, 5) is 2.39. The molecule has 3 heteroatoms. The van der Waals surface area contributed by atoms with E-state index in [1.54, 1.807) is 0 Å². The van der Waals surface area contributed by atoms with Crippen LogP contribution in [-0.2, 0) is 0 Å². The van der Waals surface area contributed by atoms with Gasteiger partial charge in [0.2, 0.25) is 0 Å². The van der Waals surface area contributed by atoms with Crippen molar-refractivity contribution in [3.05, 3.63) is 66.7 Å². The summed E-state index contributed by atoms with van der Waals surface area (Å²) in [6.45, 7) is 0. The van der Waals surface area contributed by atoms with Crippen LogP contribution in [0.4, 0.5) is 17.1 Å². The van der Waals surface area contributed by atoms with Crippen LogP contribution < -0.4 is 18.6 Å². The van der Waals surface area contributed by atoms with Gasteiger partial charge in [0, 0.05) is 0 Å². The minimum absolute atomic E-state index is 0.926. The van der Waals surface area contributed by atoms with Crippen LogP contribution in [0.25, 0.3) is 0 Å². The molecule has 0 spiro atoms. The van der Waals surface area contributed by atoms with Crippen LogP contribution in [0.15, 0.2) is 66.7 Å². The maximum absolute atomic E-state index is 6.22. The van der Waals surface area contributed by atoms with Gasteiger partial charge in [-0.25, -0.2) is 0 Å². The molecule has 0 saturated heterocycles. The van der Waals surface area contributed by atoms with E-state index in [2.05, 4.69) is 71.1 Å². The van der Waals surface area contributed by atoms with Crippen LogP contribution in [0.1, 0.15) is 0 Å². The summed E-state index contributed by atoms with van der Waals surface area (Å²) in [7, 11) is 0. The van der Waals surface area contributed by atoms with E-state index < -0.39 is 12.8 Å². The van der Waals surface area contributed by atoms with Crippen LogP contribution in [0, 0.1) is 0 Å². The normalized spacial score (nSPS) is 17.4. The average Bonchev–Trinajstić information content (AvgIpc) is 2.58. The van der Waals surface area contributed by atoms with Crippen LogP contribution in [0.2, 0.25) is 11.6 Å². The Balaban J connectivity index is 1.92. The number of nitrogens with zero attached hydrogens (tertiary/aromatic N) is 1. The zero-order valence-electron chi connectivity index (χ0n) is 13.1. The fourth-order valence-corrected chi connectivity index (χ4v) is 8.73. The third-order valence-corrected chi connectivity index (χ3v) is 10.7. The Morgan fingerprint density at radius 1 is 0.696 bits per heavy atom. The molecule has 0 radical (unpaired) electrons. The van der Waals surface area contributed by atoms with Crippen LogP contribution in [0.5, 0.6) is 11.5 Å². The molecule has 0 atom stereocenters. The average molecular weight is 366 g/mol. The van der Waals surface area contributed by atoms with Crippen molar-refractivity contribution in [2.45, 2.75) is 11.6 Å². The summed E-state index contributed by atoms with van der Waals surface area (Å²) in [6.07, 6.45) is 0. The number of ether oxygens (including phenoxy) is 1. The molecule has 0 fully saturated rings. The summed E-state index contributed by atoms with van der Waals surface area (Å²) in [5, 5.41) is 0. The first-order valence-corrected chi connectivity index (χ1v) is 12.8. The third kappa shape index (κ3) is 1.64. The first kappa shape index (κ1) is 13.2. The summed E-state index contributed by atoms with van der Waals surface area (Å²) in [5.41, 5.74) is 3.69. The SMILES string of the molecule is C[Se]1(C)c2ccccc2N2c3ccccc3Oc3cccc1c32. The van der Waals surface area contributed by atoms with Gasteiger partial charge in [-0.2, -0.15) is 0 Å². The molecule has 0 saturated carbocycles. The zero-order valence-corrected chi connectivity index (χ0v) is 14.8. The summed E-state index contributed by atoms with van der Waals surface area (Å²) in [6, 6.07) is 23.7. The van der Waals surface area contributed by atoms with Gasteiger partial charge in [0.05, 0.1) is 0 Å². The fourth-order valence-electron chi connectivity index (χ4n) is 3.63. The van der Waals surface area contributed by atoms with Crippen molar-refractivity contribution in [3.63, 3.8) is 0 Å². The number of benzene rings is 3. The van der Waals surface area contributed by atoms with E-state index >= 15 is 0 Å². The van der Waals surface area contributed by atoms with Crippen molar-refractivity contribution in [1.29, 1.82) is 0 Å². The van der Waals surface area contributed by atoms with Crippen LogP contribution >= 0.6 is 0 Å². The van der Waals surface area contributed by atoms with Gasteiger partial charge in [-0.1, -0.05) is 0 Å². The minimum atomic E-state index is -1.94. The molecule has 5 rings (SSSR count). The van der Waals surface area contributed by atoms with Gasteiger partial charge in [-0.05, 0) is 0 Å². The first-order chi connectivity index (χ1) is 11.2. The van der Waals surface area contributed by atoms with E-state index in [1.807, 2.05) is 12.1 Å². The van der Waals surface area contributed by atoms with Crippen LogP contribution in [0.3, 0.4) is 0 Å². The molecule has 0 unspecified atom stereocenters. The molecular formula is C20H17NOSe. The van der Waals surface area contributed by atoms with Crippen molar-refractivity contribution in [2.75, 3.05) is 4.90 Å². The Kier molecular flexibility index (Phi) is 2.54. The Bertz CT molecular complexity index is 948. The summed E-state index contributed by atoms with van der Waals surface area (Å²) < 4.78 is 9.19. The standard InChI is InChI=1S/C20H17NOSe/c1-23(2)18-12-6-4-9-15(18)21-14-8-3-5-10-16(14)22-17-11-7-13-19(23)20(17)21/h3-13H,1-2H3. The predicted molar refractivity (Wildman–Crippen MR) is 97.9 cm³/mol. The molecule has 0 aliphatic carbocycles. The van der Waals surface area contributed by atoms with E-state index in [0.29, 0.717) is 0 Å². The first-order valence-electron chi connectivity index (χ1n) is 7.70. The fraction of sp³-hybridized carbons (Fsp3) is 0.100. The van der Waals surface area contributed by atoms with Crippen molar-refractivity contribution < 1.29 is 4.74 Å². The monoisotopic (exact) mass is 367 g/mol. The quantitative estimate of drug-likeness (QED) is 0.428. The second kappa shape index (κ2) is 4.41. The van der Waals surface area contributed by atoms with E-state index in [9.17, 15) is 0 Å². The van der Waals surface area contributed by atoms with Crippen molar-refractivity contribution in [3.8, 4) is 11.5 Å². The molecule has 2 aliphatic heterocycles. The van der Waals surface area contributed by atoms with E-state index in [-0.39, 0.29) is 0 Å². The molecular weight excluding hydrogens is 349 g/mol. The molecule has 0 N–H and O–H groups in total. The molecule has 2 heterocycles. The van der Waals surface area contributed by atoms with Crippen LogP contribution in [-0.4, -0.2) is 12.8 Å². The molecule has 114 valence electrons. The number of hydrogen-bond donors (Lipinski definition) is 0. The molecule has 2 aliphatic rings. The second-order valence-corrected chi connectivity index (χ2v) is 13.7. The Hall–Kier alpha value is -2.22. The number of para-hydroxylation sites is 4. The zero-order chi connectivity index (χ0) is 15.6. The van der Waals surface area contributed by atoms with Gasteiger partial charge in [0.15, 0.2) is 0 Å². The predicted octanol–water partition coefficient (Wildman–Crippen LogP) is 4.40. The number of anilines is 3. The van der Waals surface area contributed by atoms with E-state index in [4.69, 9.17) is 4.74 Å². The van der Waals surface area contributed by atoms with Crippen molar-refractivity contribution in [1.82, 2.24) is 0 Å². The number of rotatable bonds is 0. The van der Waals surface area contributed by atoms with Gasteiger partial charge >= 0.3 is 138 Å². The summed E-state index contributed by atoms with van der Waals surface area (Å²) >= 11 is -1.94.